The first-order valence-corrected chi connectivity index (χ1v) is 7.32. The number of hydrogen-bond acceptors (Lipinski definition) is 4. The molecule has 7 nitrogen and oxygen atoms in total. The van der Waals surface area contributed by atoms with E-state index < -0.39 is 23.5 Å². The predicted molar refractivity (Wildman–Crippen MR) is 76.8 cm³/mol. The Morgan fingerprint density at radius 2 is 2.24 bits per heavy atom. The number of aliphatic hydroxyl groups excluding tert-OH is 1. The molecule has 2 aliphatic rings. The molecule has 8 heteroatoms. The van der Waals surface area contributed by atoms with Crippen LogP contribution in [0.5, 0.6) is 0 Å². The van der Waals surface area contributed by atoms with Gasteiger partial charge in [0.15, 0.2) is 0 Å². The maximum absolute atomic E-state index is 12.3. The highest BCUT2D eigenvalue weighted by Crippen LogP contribution is 2.59. The molecule has 0 spiro atoms. The summed E-state index contributed by atoms with van der Waals surface area (Å²) in [7, 11) is 0. The Balaban J connectivity index is 1.76. The monoisotopic (exact) mass is 355 g/mol. The second-order valence-electron chi connectivity index (χ2n) is 5.48. The molecule has 2 fully saturated rings. The number of carbonyl (C=O) groups excluding carboxylic acids is 1. The van der Waals surface area contributed by atoms with Crippen molar-refractivity contribution < 1.29 is 19.8 Å². The van der Waals surface area contributed by atoms with Crippen molar-refractivity contribution in [3.05, 3.63) is 22.8 Å². The summed E-state index contributed by atoms with van der Waals surface area (Å²) in [5, 5.41) is 21.3. The van der Waals surface area contributed by atoms with Crippen molar-refractivity contribution in [1.29, 1.82) is 0 Å². The van der Waals surface area contributed by atoms with Gasteiger partial charge in [-0.05, 0) is 40.9 Å². The van der Waals surface area contributed by atoms with Gasteiger partial charge in [-0.1, -0.05) is 6.07 Å². The molecule has 2 amide bonds. The van der Waals surface area contributed by atoms with Crippen LogP contribution in [-0.4, -0.2) is 50.8 Å². The molecule has 0 bridgehead atoms. The number of aliphatic hydroxyl groups is 1. The normalized spacial score (nSPS) is 29.9. The lowest BCUT2D eigenvalue weighted by atomic mass is 10.0. The lowest BCUT2D eigenvalue weighted by Gasteiger charge is -2.23. The van der Waals surface area contributed by atoms with Crippen molar-refractivity contribution in [2.24, 2.45) is 5.41 Å². The van der Waals surface area contributed by atoms with Crippen molar-refractivity contribution in [3.8, 4) is 0 Å². The van der Waals surface area contributed by atoms with E-state index in [2.05, 4.69) is 26.2 Å². The van der Waals surface area contributed by atoms with E-state index in [0.717, 1.165) is 4.90 Å². The highest BCUT2D eigenvalue weighted by atomic mass is 79.9. The van der Waals surface area contributed by atoms with E-state index in [4.69, 9.17) is 0 Å². The molecule has 2 heterocycles. The fraction of sp³-hybridized carbons (Fsp3) is 0.462. The molecule has 3 unspecified atom stereocenters. The number of amides is 2. The van der Waals surface area contributed by atoms with Crippen LogP contribution >= 0.6 is 15.9 Å². The molecule has 1 aromatic rings. The molecule has 1 saturated carbocycles. The Bertz CT molecular complexity index is 611. The number of pyridine rings is 1. The highest BCUT2D eigenvalue weighted by molar-refractivity contribution is 9.10. The zero-order valence-electron chi connectivity index (χ0n) is 11.0. The van der Waals surface area contributed by atoms with E-state index in [-0.39, 0.29) is 12.6 Å². The van der Waals surface area contributed by atoms with E-state index in [9.17, 15) is 19.8 Å². The maximum atomic E-state index is 12.3. The van der Waals surface area contributed by atoms with Crippen LogP contribution in [0, 0.1) is 5.41 Å². The van der Waals surface area contributed by atoms with Gasteiger partial charge < -0.3 is 15.5 Å². The van der Waals surface area contributed by atoms with Crippen LogP contribution in [0.25, 0.3) is 0 Å². The fourth-order valence-electron chi connectivity index (χ4n) is 3.05. The van der Waals surface area contributed by atoms with Crippen LogP contribution in [0.2, 0.25) is 0 Å². The molecule has 3 N–H and O–H groups in total. The molecule has 0 radical (unpaired) electrons. The standard InChI is InChI=1S/C13H14BrN3O4/c14-9-2-1-3-10(15-9)16-11(19)7-4-13(6-18)5-8(13)17(7)12(20)21/h1-3,7-8,18H,4-6H2,(H,20,21)(H,15,16,19). The van der Waals surface area contributed by atoms with Gasteiger partial charge in [-0.3, -0.25) is 9.69 Å². The Morgan fingerprint density at radius 1 is 1.48 bits per heavy atom. The van der Waals surface area contributed by atoms with Gasteiger partial charge in [0, 0.05) is 11.5 Å². The number of fused-ring (bicyclic) bond motifs is 1. The van der Waals surface area contributed by atoms with Gasteiger partial charge in [0.25, 0.3) is 0 Å². The summed E-state index contributed by atoms with van der Waals surface area (Å²) in [5.41, 5.74) is -0.439. The first-order chi connectivity index (χ1) is 9.97. The number of carbonyl (C=O) groups is 2. The zero-order chi connectivity index (χ0) is 15.2. The summed E-state index contributed by atoms with van der Waals surface area (Å²) in [4.78, 5) is 28.9. The second-order valence-corrected chi connectivity index (χ2v) is 6.30. The number of halogens is 1. The Kier molecular flexibility index (Phi) is 3.37. The molecule has 1 aliphatic heterocycles. The Labute approximate surface area is 129 Å². The number of piperidine rings is 1. The average Bonchev–Trinajstić information content (AvgIpc) is 3.03. The Hall–Kier alpha value is -1.67. The van der Waals surface area contributed by atoms with Crippen molar-refractivity contribution >= 4 is 33.7 Å². The number of anilines is 1. The van der Waals surface area contributed by atoms with Gasteiger partial charge in [0.05, 0.1) is 6.61 Å². The molecule has 3 rings (SSSR count). The molecular formula is C13H14BrN3O4. The van der Waals surface area contributed by atoms with Crippen LogP contribution in [0.1, 0.15) is 12.8 Å². The third-order valence-corrected chi connectivity index (χ3v) is 4.66. The SMILES string of the molecule is O=C(Nc1cccc(Br)n1)C1CC2(CO)CC2N1C(=O)O. The van der Waals surface area contributed by atoms with Crippen LogP contribution in [-0.2, 0) is 4.79 Å². The summed E-state index contributed by atoms with van der Waals surface area (Å²) in [5.74, 6) is -0.0543. The van der Waals surface area contributed by atoms with Gasteiger partial charge in [0.1, 0.15) is 16.5 Å². The van der Waals surface area contributed by atoms with Crippen molar-refractivity contribution in [2.45, 2.75) is 24.9 Å². The van der Waals surface area contributed by atoms with Crippen LogP contribution in [0.4, 0.5) is 10.6 Å². The summed E-state index contributed by atoms with van der Waals surface area (Å²) in [6, 6.07) is 4.04. The van der Waals surface area contributed by atoms with Crippen molar-refractivity contribution in [3.63, 3.8) is 0 Å². The summed E-state index contributed by atoms with van der Waals surface area (Å²) in [6.07, 6.45) is -0.162. The fourth-order valence-corrected chi connectivity index (χ4v) is 3.39. The van der Waals surface area contributed by atoms with Gasteiger partial charge in [-0.15, -0.1) is 0 Å². The highest BCUT2D eigenvalue weighted by Gasteiger charge is 2.67. The zero-order valence-corrected chi connectivity index (χ0v) is 12.6. The number of likely N-dealkylation sites (tertiary alicyclic amines) is 1. The molecule has 0 aromatic carbocycles. The lowest BCUT2D eigenvalue weighted by molar-refractivity contribution is -0.120. The summed E-state index contributed by atoms with van der Waals surface area (Å²) >= 11 is 3.21. The average molecular weight is 356 g/mol. The predicted octanol–water partition coefficient (Wildman–Crippen LogP) is 1.29. The van der Waals surface area contributed by atoms with Gasteiger partial charge in [-0.2, -0.15) is 0 Å². The third-order valence-electron chi connectivity index (χ3n) is 4.22. The third kappa shape index (κ3) is 2.38. The largest absolute Gasteiger partial charge is 0.465 e. The van der Waals surface area contributed by atoms with Crippen LogP contribution in [0.3, 0.4) is 0 Å². The van der Waals surface area contributed by atoms with E-state index in [1.54, 1.807) is 18.2 Å². The molecule has 3 atom stereocenters. The summed E-state index contributed by atoms with van der Waals surface area (Å²) < 4.78 is 0.580. The first-order valence-electron chi connectivity index (χ1n) is 6.52. The number of nitrogens with one attached hydrogen (secondary N) is 1. The maximum Gasteiger partial charge on any atom is 0.408 e. The Morgan fingerprint density at radius 3 is 2.86 bits per heavy atom. The summed E-state index contributed by atoms with van der Waals surface area (Å²) in [6.45, 7) is -0.0969. The minimum Gasteiger partial charge on any atom is -0.465 e. The number of hydrogen-bond donors (Lipinski definition) is 3. The number of aromatic nitrogens is 1. The van der Waals surface area contributed by atoms with E-state index in [0.29, 0.717) is 23.3 Å². The van der Waals surface area contributed by atoms with Crippen molar-refractivity contribution in [2.75, 3.05) is 11.9 Å². The number of rotatable bonds is 3. The van der Waals surface area contributed by atoms with Crippen molar-refractivity contribution in [1.82, 2.24) is 9.88 Å². The molecule has 1 aromatic heterocycles. The van der Waals surface area contributed by atoms with E-state index >= 15 is 0 Å². The van der Waals surface area contributed by atoms with E-state index in [1.807, 2.05) is 0 Å². The first kappa shape index (κ1) is 14.3. The molecule has 21 heavy (non-hydrogen) atoms. The molecule has 1 aliphatic carbocycles. The smallest absolute Gasteiger partial charge is 0.408 e. The van der Waals surface area contributed by atoms with E-state index in [1.165, 1.54) is 0 Å². The van der Waals surface area contributed by atoms with Gasteiger partial charge in [0.2, 0.25) is 5.91 Å². The molecule has 112 valence electrons. The lowest BCUT2D eigenvalue weighted by Crippen LogP contribution is -2.44. The second kappa shape index (κ2) is 4.96. The quantitative estimate of drug-likeness (QED) is 0.708. The van der Waals surface area contributed by atoms with Crippen LogP contribution < -0.4 is 5.32 Å². The minimum atomic E-state index is -1.13. The number of carboxylic acid groups (broad SMARTS) is 1. The minimum absolute atomic E-state index is 0.0969. The topological polar surface area (TPSA) is 103 Å². The number of nitrogens with zero attached hydrogens (tertiary/aromatic N) is 2. The van der Waals surface area contributed by atoms with Crippen LogP contribution in [0.15, 0.2) is 22.8 Å². The van der Waals surface area contributed by atoms with Gasteiger partial charge in [-0.25, -0.2) is 9.78 Å². The molecular weight excluding hydrogens is 342 g/mol. The molecule has 1 saturated heterocycles. The van der Waals surface area contributed by atoms with Gasteiger partial charge >= 0.3 is 6.09 Å².